The molecule has 0 radical (unpaired) electrons. The Balaban J connectivity index is 2.01. The zero-order chi connectivity index (χ0) is 14.5. The zero-order valence-corrected chi connectivity index (χ0v) is 12.7. The van der Waals surface area contributed by atoms with Crippen molar-refractivity contribution in [3.63, 3.8) is 0 Å². The van der Waals surface area contributed by atoms with E-state index >= 15 is 0 Å². The summed E-state index contributed by atoms with van der Waals surface area (Å²) in [5.74, 6) is 0.884. The third-order valence-corrected chi connectivity index (χ3v) is 3.65. The van der Waals surface area contributed by atoms with Gasteiger partial charge in [0.25, 0.3) is 0 Å². The molecule has 0 spiro atoms. The molecule has 4 nitrogen and oxygen atoms in total. The van der Waals surface area contributed by atoms with Crippen molar-refractivity contribution >= 4 is 11.4 Å². The van der Waals surface area contributed by atoms with Gasteiger partial charge in [-0.05, 0) is 52.0 Å². The lowest BCUT2D eigenvalue weighted by Crippen LogP contribution is -2.21. The summed E-state index contributed by atoms with van der Waals surface area (Å²) >= 11 is 0. The Morgan fingerprint density at radius 2 is 1.75 bits per heavy atom. The predicted octanol–water partition coefficient (Wildman–Crippen LogP) is 3.75. The van der Waals surface area contributed by atoms with Crippen LogP contribution in [-0.2, 0) is 6.54 Å². The molecule has 4 heteroatoms. The summed E-state index contributed by atoms with van der Waals surface area (Å²) in [6.07, 6.45) is 0. The van der Waals surface area contributed by atoms with E-state index in [2.05, 4.69) is 53.5 Å². The Morgan fingerprint density at radius 3 is 2.25 bits per heavy atom. The Morgan fingerprint density at radius 1 is 1.10 bits per heavy atom. The van der Waals surface area contributed by atoms with Crippen molar-refractivity contribution in [2.24, 2.45) is 0 Å². The van der Waals surface area contributed by atoms with Crippen LogP contribution in [0.4, 0.5) is 11.4 Å². The van der Waals surface area contributed by atoms with Gasteiger partial charge in [-0.15, -0.1) is 0 Å². The lowest BCUT2D eigenvalue weighted by molar-refractivity contribution is 0.392. The van der Waals surface area contributed by atoms with Crippen molar-refractivity contribution in [3.8, 4) is 0 Å². The molecule has 0 saturated carbocycles. The summed E-state index contributed by atoms with van der Waals surface area (Å²) < 4.78 is 5.17. The molecular weight excluding hydrogens is 250 g/mol. The van der Waals surface area contributed by atoms with Crippen molar-refractivity contribution < 1.29 is 4.52 Å². The van der Waals surface area contributed by atoms with E-state index in [-0.39, 0.29) is 0 Å². The van der Waals surface area contributed by atoms with Gasteiger partial charge in [0.05, 0.1) is 5.69 Å². The number of hydrogen-bond donors (Lipinski definition) is 1. The largest absolute Gasteiger partial charge is 0.381 e. The van der Waals surface area contributed by atoms with E-state index in [0.717, 1.165) is 42.3 Å². The smallest absolute Gasteiger partial charge is 0.138 e. The number of aryl methyl sites for hydroxylation is 2. The molecule has 0 aliphatic rings. The number of nitrogens with zero attached hydrogens (tertiary/aromatic N) is 2. The first-order valence-electron chi connectivity index (χ1n) is 7.16. The van der Waals surface area contributed by atoms with Crippen LogP contribution in [0.25, 0.3) is 0 Å². The first-order chi connectivity index (χ1) is 9.65. The molecule has 1 heterocycles. The normalized spacial score (nSPS) is 10.6. The van der Waals surface area contributed by atoms with Crippen molar-refractivity contribution in [1.82, 2.24) is 5.16 Å². The molecule has 2 aromatic rings. The lowest BCUT2D eigenvalue weighted by Gasteiger charge is -2.21. The highest BCUT2D eigenvalue weighted by Crippen LogP contribution is 2.19. The Labute approximate surface area is 120 Å². The molecule has 0 amide bonds. The standard InChI is InChI=1S/C16H23N3O/c1-5-19(6-2)15-9-7-14(8-10-15)17-11-16-12(3)18-20-13(16)4/h7-10,17H,5-6,11H2,1-4H3. The molecule has 0 unspecified atom stereocenters. The van der Waals surface area contributed by atoms with Gasteiger partial charge in [0.2, 0.25) is 0 Å². The summed E-state index contributed by atoms with van der Waals surface area (Å²) in [6.45, 7) is 11.1. The topological polar surface area (TPSA) is 41.3 Å². The van der Waals surface area contributed by atoms with Gasteiger partial charge in [0.15, 0.2) is 0 Å². The van der Waals surface area contributed by atoms with Crippen molar-refractivity contribution in [2.75, 3.05) is 23.3 Å². The first-order valence-corrected chi connectivity index (χ1v) is 7.16. The minimum Gasteiger partial charge on any atom is -0.381 e. The molecule has 0 saturated heterocycles. The van der Waals surface area contributed by atoms with E-state index in [1.165, 1.54) is 5.69 Å². The molecule has 0 aliphatic heterocycles. The van der Waals surface area contributed by atoms with Gasteiger partial charge in [0, 0.05) is 36.6 Å². The third kappa shape index (κ3) is 3.13. The van der Waals surface area contributed by atoms with Crippen molar-refractivity contribution in [2.45, 2.75) is 34.2 Å². The molecule has 1 aromatic heterocycles. The maximum absolute atomic E-state index is 5.17. The van der Waals surface area contributed by atoms with Crippen molar-refractivity contribution in [1.29, 1.82) is 0 Å². The maximum atomic E-state index is 5.17. The highest BCUT2D eigenvalue weighted by atomic mass is 16.5. The fraction of sp³-hybridized carbons (Fsp3) is 0.438. The fourth-order valence-electron chi connectivity index (χ4n) is 2.32. The number of aromatic nitrogens is 1. The van der Waals surface area contributed by atoms with E-state index in [0.29, 0.717) is 0 Å². The second-order valence-electron chi connectivity index (χ2n) is 4.88. The molecular formula is C16H23N3O. The Bertz CT molecular complexity index is 522. The SMILES string of the molecule is CCN(CC)c1ccc(NCc2c(C)noc2C)cc1. The average molecular weight is 273 g/mol. The molecule has 0 bridgehead atoms. The van der Waals surface area contributed by atoms with E-state index in [1.807, 2.05) is 13.8 Å². The molecule has 0 aliphatic carbocycles. The monoisotopic (exact) mass is 273 g/mol. The maximum Gasteiger partial charge on any atom is 0.138 e. The molecule has 108 valence electrons. The fourth-order valence-corrected chi connectivity index (χ4v) is 2.32. The van der Waals surface area contributed by atoms with E-state index in [9.17, 15) is 0 Å². The Hall–Kier alpha value is -1.97. The second kappa shape index (κ2) is 6.46. The number of nitrogens with one attached hydrogen (secondary N) is 1. The van der Waals surface area contributed by atoms with Gasteiger partial charge in [0.1, 0.15) is 5.76 Å². The highest BCUT2D eigenvalue weighted by Gasteiger charge is 2.08. The van der Waals surface area contributed by atoms with Crippen LogP contribution in [0.2, 0.25) is 0 Å². The van der Waals surface area contributed by atoms with Gasteiger partial charge in [-0.2, -0.15) is 0 Å². The minimum atomic E-state index is 0.742. The van der Waals surface area contributed by atoms with E-state index in [1.54, 1.807) is 0 Å². The first kappa shape index (κ1) is 14.4. The molecule has 1 aromatic carbocycles. The summed E-state index contributed by atoms with van der Waals surface area (Å²) in [6, 6.07) is 8.54. The minimum absolute atomic E-state index is 0.742. The summed E-state index contributed by atoms with van der Waals surface area (Å²) in [4.78, 5) is 2.33. The van der Waals surface area contributed by atoms with Crippen molar-refractivity contribution in [3.05, 3.63) is 41.3 Å². The van der Waals surface area contributed by atoms with Crippen LogP contribution in [-0.4, -0.2) is 18.2 Å². The van der Waals surface area contributed by atoms with E-state index < -0.39 is 0 Å². The predicted molar refractivity (Wildman–Crippen MR) is 83.3 cm³/mol. The molecule has 20 heavy (non-hydrogen) atoms. The summed E-state index contributed by atoms with van der Waals surface area (Å²) in [5.41, 5.74) is 4.46. The summed E-state index contributed by atoms with van der Waals surface area (Å²) in [7, 11) is 0. The molecule has 1 N–H and O–H groups in total. The number of benzene rings is 1. The van der Waals surface area contributed by atoms with Crippen LogP contribution in [0.15, 0.2) is 28.8 Å². The van der Waals surface area contributed by atoms with Crippen LogP contribution in [0.5, 0.6) is 0 Å². The molecule has 2 rings (SSSR count). The van der Waals surface area contributed by atoms with Crippen LogP contribution < -0.4 is 10.2 Å². The third-order valence-electron chi connectivity index (χ3n) is 3.65. The number of hydrogen-bond acceptors (Lipinski definition) is 4. The van der Waals surface area contributed by atoms with Gasteiger partial charge < -0.3 is 14.7 Å². The van der Waals surface area contributed by atoms with Gasteiger partial charge >= 0.3 is 0 Å². The van der Waals surface area contributed by atoms with Crippen LogP contribution in [0.1, 0.15) is 30.9 Å². The second-order valence-corrected chi connectivity index (χ2v) is 4.88. The van der Waals surface area contributed by atoms with Crippen LogP contribution in [0, 0.1) is 13.8 Å². The Kier molecular flexibility index (Phi) is 4.66. The molecule has 0 fully saturated rings. The van der Waals surface area contributed by atoms with Crippen LogP contribution in [0.3, 0.4) is 0 Å². The number of rotatable bonds is 6. The van der Waals surface area contributed by atoms with E-state index in [4.69, 9.17) is 4.52 Å². The van der Waals surface area contributed by atoms with Gasteiger partial charge in [-0.3, -0.25) is 0 Å². The zero-order valence-electron chi connectivity index (χ0n) is 12.7. The van der Waals surface area contributed by atoms with Gasteiger partial charge in [-0.1, -0.05) is 5.16 Å². The quantitative estimate of drug-likeness (QED) is 0.870. The molecule has 0 atom stereocenters. The highest BCUT2D eigenvalue weighted by molar-refractivity contribution is 5.55. The van der Waals surface area contributed by atoms with Gasteiger partial charge in [-0.25, -0.2) is 0 Å². The lowest BCUT2D eigenvalue weighted by atomic mass is 10.2. The van der Waals surface area contributed by atoms with Crippen LogP contribution >= 0.6 is 0 Å². The number of anilines is 2. The average Bonchev–Trinajstić information content (AvgIpc) is 2.78. The summed E-state index contributed by atoms with van der Waals surface area (Å²) in [5, 5.41) is 7.38.